The van der Waals surface area contributed by atoms with Crippen molar-refractivity contribution in [3.05, 3.63) is 0 Å². The van der Waals surface area contributed by atoms with Crippen LogP contribution in [-0.4, -0.2) is 40.2 Å². The van der Waals surface area contributed by atoms with E-state index >= 15 is 0 Å². The molecule has 0 amide bonds. The molecule has 0 bridgehead atoms. The van der Waals surface area contributed by atoms with Gasteiger partial charge in [0.15, 0.2) is 0 Å². The Labute approximate surface area is 112 Å². The normalized spacial score (nSPS) is 33.8. The molecule has 5 heteroatoms. The predicted molar refractivity (Wildman–Crippen MR) is 74.0 cm³/mol. The summed E-state index contributed by atoms with van der Waals surface area (Å²) in [4.78, 5) is 0. The van der Waals surface area contributed by atoms with Crippen LogP contribution < -0.4 is 0 Å². The largest absolute Gasteiger partial charge is 0.396 e. The molecule has 1 aliphatic carbocycles. The lowest BCUT2D eigenvalue weighted by Crippen LogP contribution is -2.24. The molecule has 1 rings (SSSR count). The van der Waals surface area contributed by atoms with Crippen molar-refractivity contribution in [2.45, 2.75) is 63.8 Å². The number of hydrogen-bond donors (Lipinski definition) is 3. The summed E-state index contributed by atoms with van der Waals surface area (Å²) in [5, 5.41) is 28.9. The Morgan fingerprint density at radius 1 is 1.17 bits per heavy atom. The Balaban J connectivity index is 2.47. The van der Waals surface area contributed by atoms with Crippen molar-refractivity contribution in [3.63, 3.8) is 0 Å². The van der Waals surface area contributed by atoms with Crippen molar-refractivity contribution in [2.75, 3.05) is 6.61 Å². The maximum Gasteiger partial charge on any atom is 0.0610 e. The smallest absolute Gasteiger partial charge is 0.0610 e. The summed E-state index contributed by atoms with van der Waals surface area (Å²) in [7, 11) is 2.31. The van der Waals surface area contributed by atoms with Gasteiger partial charge in [0.05, 0.1) is 18.3 Å². The summed E-state index contributed by atoms with van der Waals surface area (Å²) in [6, 6.07) is 0. The lowest BCUT2D eigenvalue weighted by Gasteiger charge is -2.24. The van der Waals surface area contributed by atoms with Gasteiger partial charge in [-0.15, -0.1) is 0 Å². The molecule has 1 fully saturated rings. The molecule has 0 saturated heterocycles. The fourth-order valence-corrected chi connectivity index (χ4v) is 3.38. The highest BCUT2D eigenvalue weighted by Gasteiger charge is 2.40. The predicted octanol–water partition coefficient (Wildman–Crippen LogP) is 1.48. The van der Waals surface area contributed by atoms with Gasteiger partial charge in [0, 0.05) is 16.1 Å². The van der Waals surface area contributed by atoms with Gasteiger partial charge in [0.25, 0.3) is 0 Å². The Bertz CT molecular complexity index is 227. The highest BCUT2D eigenvalue weighted by atomic mass is 31.0. The van der Waals surface area contributed by atoms with E-state index in [0.29, 0.717) is 12.8 Å². The third kappa shape index (κ3) is 4.43. The molecule has 0 spiro atoms. The Morgan fingerprint density at radius 3 is 2.28 bits per heavy atom. The number of aliphatic hydroxyl groups excluding tert-OH is 3. The average molecular weight is 278 g/mol. The lowest BCUT2D eigenvalue weighted by atomic mass is 9.86. The van der Waals surface area contributed by atoms with E-state index in [0.717, 1.165) is 25.7 Å². The number of aliphatic hydroxyl groups is 3. The van der Waals surface area contributed by atoms with Gasteiger partial charge in [0.1, 0.15) is 0 Å². The first-order valence-electron chi connectivity index (χ1n) is 6.96. The second-order valence-electron chi connectivity index (χ2n) is 5.33. The Hall–Kier alpha value is 0.270. The molecular formula is C13H27O4P. The monoisotopic (exact) mass is 278 g/mol. The van der Waals surface area contributed by atoms with E-state index in [-0.39, 0.29) is 24.5 Å². The summed E-state index contributed by atoms with van der Waals surface area (Å²) in [6.45, 7) is 2.20. The van der Waals surface area contributed by atoms with Gasteiger partial charge in [-0.05, 0) is 43.9 Å². The molecule has 0 heterocycles. The van der Waals surface area contributed by atoms with E-state index in [9.17, 15) is 10.2 Å². The average Bonchev–Trinajstić information content (AvgIpc) is 2.61. The van der Waals surface area contributed by atoms with E-state index < -0.39 is 12.2 Å². The van der Waals surface area contributed by atoms with Gasteiger partial charge in [-0.1, -0.05) is 13.3 Å². The third-order valence-corrected chi connectivity index (χ3v) is 4.49. The van der Waals surface area contributed by atoms with Gasteiger partial charge in [-0.25, -0.2) is 0 Å². The van der Waals surface area contributed by atoms with Crippen LogP contribution >= 0.6 is 9.47 Å². The van der Waals surface area contributed by atoms with Crippen LogP contribution in [0.5, 0.6) is 0 Å². The molecule has 0 aromatic rings. The van der Waals surface area contributed by atoms with E-state index in [1.807, 2.05) is 0 Å². The van der Waals surface area contributed by atoms with Crippen LogP contribution in [0.15, 0.2) is 0 Å². The Morgan fingerprint density at radius 2 is 1.78 bits per heavy atom. The first kappa shape index (κ1) is 16.3. The molecule has 4 nitrogen and oxygen atoms in total. The first-order valence-corrected chi connectivity index (χ1v) is 7.43. The zero-order chi connectivity index (χ0) is 13.5. The summed E-state index contributed by atoms with van der Waals surface area (Å²) in [6.07, 6.45) is 4.14. The van der Waals surface area contributed by atoms with Gasteiger partial charge in [0.2, 0.25) is 0 Å². The van der Waals surface area contributed by atoms with Crippen LogP contribution in [0.4, 0.5) is 0 Å². The van der Waals surface area contributed by atoms with Crippen molar-refractivity contribution >= 4 is 9.47 Å². The van der Waals surface area contributed by atoms with Gasteiger partial charge < -0.3 is 19.8 Å². The molecule has 0 radical (unpaired) electrons. The minimum atomic E-state index is -0.473. The molecule has 1 unspecified atom stereocenters. The third-order valence-electron chi connectivity index (χ3n) is 4.11. The minimum absolute atomic E-state index is 0.0248. The molecule has 1 saturated carbocycles. The Kier molecular flexibility index (Phi) is 7.66. The lowest BCUT2D eigenvalue weighted by molar-refractivity contribution is 0.0794. The molecule has 6 atom stereocenters. The maximum absolute atomic E-state index is 9.98. The molecule has 1 aliphatic rings. The molecule has 108 valence electrons. The highest BCUT2D eigenvalue weighted by Crippen LogP contribution is 2.38. The second-order valence-corrected chi connectivity index (χ2v) is 5.61. The van der Waals surface area contributed by atoms with E-state index in [1.54, 1.807) is 0 Å². The second kappa shape index (κ2) is 8.44. The molecule has 3 N–H and O–H groups in total. The van der Waals surface area contributed by atoms with Crippen LogP contribution in [0, 0.1) is 11.8 Å². The fourth-order valence-electron chi connectivity index (χ4n) is 3.11. The number of rotatable bonds is 8. The number of hydrogen-bond acceptors (Lipinski definition) is 4. The van der Waals surface area contributed by atoms with Crippen LogP contribution in [0.2, 0.25) is 0 Å². The van der Waals surface area contributed by atoms with Gasteiger partial charge in [-0.2, -0.15) is 0 Å². The maximum atomic E-state index is 9.98. The zero-order valence-corrected chi connectivity index (χ0v) is 12.3. The van der Waals surface area contributed by atoms with Crippen LogP contribution in [0.25, 0.3) is 0 Å². The molecule has 0 aliphatic heterocycles. The molecular weight excluding hydrogens is 251 g/mol. The van der Waals surface area contributed by atoms with E-state index in [4.69, 9.17) is 9.63 Å². The molecule has 0 aromatic heterocycles. The summed E-state index contributed by atoms with van der Waals surface area (Å²) < 4.78 is 5.33. The summed E-state index contributed by atoms with van der Waals surface area (Å²) >= 11 is 0. The van der Waals surface area contributed by atoms with E-state index in [2.05, 4.69) is 16.4 Å². The minimum Gasteiger partial charge on any atom is -0.396 e. The van der Waals surface area contributed by atoms with Crippen molar-refractivity contribution in [1.82, 2.24) is 0 Å². The summed E-state index contributed by atoms with van der Waals surface area (Å²) in [5.41, 5.74) is 0. The van der Waals surface area contributed by atoms with Crippen LogP contribution in [-0.2, 0) is 4.52 Å². The zero-order valence-electron chi connectivity index (χ0n) is 11.2. The van der Waals surface area contributed by atoms with E-state index in [1.165, 1.54) is 0 Å². The summed E-state index contributed by atoms with van der Waals surface area (Å²) in [5.74, 6) is 0.114. The van der Waals surface area contributed by atoms with Crippen molar-refractivity contribution in [1.29, 1.82) is 0 Å². The first-order chi connectivity index (χ1) is 8.63. The molecule has 18 heavy (non-hydrogen) atoms. The SMILES string of the molecule is CCC[C@@H](CC[C@@H]1[C@@H](CCO)[C@@H](O)C[C@H]1O)OP. The van der Waals surface area contributed by atoms with Crippen molar-refractivity contribution in [3.8, 4) is 0 Å². The standard InChI is InChI=1S/C13H27O4P/c1-2-3-9(17-18)4-5-10-11(6-7-14)13(16)8-12(10)15/h9-16H,2-8,18H2,1H3/t9-,10+,11+,12+,13-/m0/s1. The van der Waals surface area contributed by atoms with Crippen molar-refractivity contribution in [2.24, 2.45) is 11.8 Å². The van der Waals surface area contributed by atoms with Crippen LogP contribution in [0.1, 0.15) is 45.4 Å². The highest BCUT2D eigenvalue weighted by molar-refractivity contribution is 7.09. The quantitative estimate of drug-likeness (QED) is 0.588. The molecule has 0 aromatic carbocycles. The van der Waals surface area contributed by atoms with Crippen molar-refractivity contribution < 1.29 is 19.8 Å². The topological polar surface area (TPSA) is 69.9 Å². The van der Waals surface area contributed by atoms with Gasteiger partial charge in [-0.3, -0.25) is 0 Å². The van der Waals surface area contributed by atoms with Crippen LogP contribution in [0.3, 0.4) is 0 Å². The fraction of sp³-hybridized carbons (Fsp3) is 1.00. The van der Waals surface area contributed by atoms with Gasteiger partial charge >= 0.3 is 0 Å².